The molecular weight excluding hydrogens is 711 g/mol. The average molecular weight is 712 g/mol. The molecule has 33 heavy (non-hydrogen) atoms. The fraction of sp³-hybridized carbons (Fsp3) is 0. The normalized spacial score (nSPS) is 12.2. The van der Waals surface area contributed by atoms with Crippen molar-refractivity contribution in [2.45, 2.75) is 0 Å². The van der Waals surface area contributed by atoms with Gasteiger partial charge in [-0.3, -0.25) is 0 Å². The zero-order valence-corrected chi connectivity index (χ0v) is 23.1. The maximum atomic E-state index is 9.37. The van der Waals surface area contributed by atoms with Crippen LogP contribution in [-0.2, 0) is 123 Å². The molecule has 0 heterocycles. The average Bonchev–Trinajstić information content (AvgIpc) is 2.38. The molecule has 0 unspecified atom stereocenters. The molecule has 0 saturated carbocycles. The second-order valence-electron chi connectivity index (χ2n) is 2.86. The Kier molecular flexibility index (Phi) is 26.6. The van der Waals surface area contributed by atoms with Crippen LogP contribution in [0.15, 0.2) is 0 Å². The monoisotopic (exact) mass is 712 g/mol. The van der Waals surface area contributed by atoms with Crippen molar-refractivity contribution < 1.29 is 169 Å². The molecule has 0 N–H and O–H groups in total. The number of hydrogen-bond acceptors (Lipinski definition) is 24. The first-order valence-corrected chi connectivity index (χ1v) is 12.5. The molecule has 0 aliphatic carbocycles. The Labute approximate surface area is 229 Å². The minimum atomic E-state index is -5.31. The van der Waals surface area contributed by atoms with E-state index in [1.54, 1.807) is 0 Å². The summed E-state index contributed by atoms with van der Waals surface area (Å²) in [6.07, 6.45) is 0. The third kappa shape index (κ3) is 65.6. The topological polar surface area (TPSA) is 399 Å². The van der Waals surface area contributed by atoms with Crippen LogP contribution in [0.2, 0.25) is 0 Å². The van der Waals surface area contributed by atoms with Gasteiger partial charge in [-0.25, -0.2) is 50.5 Å². The van der Waals surface area contributed by atoms with Crippen molar-refractivity contribution in [1.82, 2.24) is 0 Å². The quantitative estimate of drug-likeness (QED) is 0.0704. The van der Waals surface area contributed by atoms with E-state index in [4.69, 9.17) is 0 Å². The zero-order valence-electron chi connectivity index (χ0n) is 15.0. The van der Waals surface area contributed by atoms with E-state index in [2.05, 4.69) is 26.0 Å². The molecule has 0 aliphatic heterocycles. The van der Waals surface area contributed by atoms with E-state index in [0.717, 1.165) is 0 Å². The molecule has 33 heteroatoms. The second-order valence-corrected chi connectivity index (χ2v) is 8.57. The second kappa shape index (κ2) is 18.5. The van der Waals surface area contributed by atoms with E-state index in [1.165, 1.54) is 0 Å². The van der Waals surface area contributed by atoms with Gasteiger partial charge in [0.2, 0.25) is 62.4 Å². The van der Waals surface area contributed by atoms with Crippen molar-refractivity contribution in [1.29, 1.82) is 0 Å². The predicted octanol–water partition coefficient (Wildman–Crippen LogP) is -9.32. The van der Waals surface area contributed by atoms with E-state index in [-0.39, 0.29) is 65.1 Å². The minimum Gasteiger partial charge on any atom is -1.00 e. The van der Waals surface area contributed by atoms with Crippen LogP contribution in [0.1, 0.15) is 1.43 Å². The molecule has 0 saturated heterocycles. The SMILES string of the molecule is O=S(=O)([O-])OOS(=O)(=O)[O-].O=S(=O)([O-])OOS(=O)(=O)[O-].O=S(=O)([O-])OOS(=O)(=O)[O-].[Fe+3].[Fe+3].[H-].[Na+]. The Bertz CT molecular complexity index is 906. The first-order valence-electron chi connectivity index (χ1n) is 4.50. The molecular formula is HFe2NaO24S6. The van der Waals surface area contributed by atoms with Gasteiger partial charge < -0.3 is 28.7 Å². The Balaban J connectivity index is -0.0000000607. The number of rotatable bonds is 9. The van der Waals surface area contributed by atoms with Gasteiger partial charge in [-0.15, -0.1) is 26.0 Å². The summed E-state index contributed by atoms with van der Waals surface area (Å²) in [5.74, 6) is 0. The van der Waals surface area contributed by atoms with Gasteiger partial charge in [0, 0.05) is 0 Å². The smallest absolute Gasteiger partial charge is 1.00 e. The Morgan fingerprint density at radius 1 is 0.333 bits per heavy atom. The van der Waals surface area contributed by atoms with Crippen LogP contribution in [0.3, 0.4) is 0 Å². The molecule has 198 valence electrons. The maximum absolute atomic E-state index is 9.37. The summed E-state index contributed by atoms with van der Waals surface area (Å²) < 4.78 is 184. The van der Waals surface area contributed by atoms with Gasteiger partial charge in [-0.05, 0) is 0 Å². The van der Waals surface area contributed by atoms with Gasteiger partial charge >= 0.3 is 63.7 Å². The third-order valence-corrected chi connectivity index (χ3v) is 2.25. The van der Waals surface area contributed by atoms with Gasteiger partial charge in [0.05, 0.1) is 0 Å². The van der Waals surface area contributed by atoms with Crippen molar-refractivity contribution in [2.75, 3.05) is 0 Å². The van der Waals surface area contributed by atoms with Crippen LogP contribution in [0.5, 0.6) is 0 Å². The molecule has 0 aromatic rings. The van der Waals surface area contributed by atoms with Gasteiger partial charge in [0.25, 0.3) is 0 Å². The Morgan fingerprint density at radius 2 is 0.394 bits per heavy atom. The van der Waals surface area contributed by atoms with Crippen molar-refractivity contribution in [3.05, 3.63) is 0 Å². The minimum absolute atomic E-state index is 0. The predicted molar refractivity (Wildman–Crippen MR) is 65.8 cm³/mol. The van der Waals surface area contributed by atoms with Gasteiger partial charge in [0.15, 0.2) is 0 Å². The summed E-state index contributed by atoms with van der Waals surface area (Å²) in [4.78, 5) is 0. The van der Waals surface area contributed by atoms with Gasteiger partial charge in [0.1, 0.15) is 0 Å². The molecule has 0 aromatic carbocycles. The summed E-state index contributed by atoms with van der Waals surface area (Å²) in [5.41, 5.74) is 0. The first kappa shape index (κ1) is 47.5. The van der Waals surface area contributed by atoms with Crippen molar-refractivity contribution in [2.24, 2.45) is 0 Å². The molecule has 0 fully saturated rings. The van der Waals surface area contributed by atoms with Gasteiger partial charge in [-0.2, -0.15) is 0 Å². The number of hydrogen-bond donors (Lipinski definition) is 0. The van der Waals surface area contributed by atoms with E-state index in [1.807, 2.05) is 0 Å². The van der Waals surface area contributed by atoms with E-state index < -0.39 is 62.4 Å². The van der Waals surface area contributed by atoms with Crippen molar-refractivity contribution >= 4 is 62.4 Å². The summed E-state index contributed by atoms with van der Waals surface area (Å²) in [5, 5.41) is 0. The molecule has 24 nitrogen and oxygen atoms in total. The standard InChI is InChI=1S/2Fe.Na.3H2O8S2.H/c;;;3*1-9(2,3)7-8-10(4,5)6;/h;;;3*(H,1,2,3)(H,4,5,6);/q2*+3;+1;;;;-1/p-6. The van der Waals surface area contributed by atoms with E-state index in [9.17, 15) is 77.8 Å². The van der Waals surface area contributed by atoms with Gasteiger partial charge in [-0.1, -0.05) is 0 Å². The molecule has 0 spiro atoms. The fourth-order valence-corrected chi connectivity index (χ4v) is 1.84. The van der Waals surface area contributed by atoms with Crippen molar-refractivity contribution in [3.63, 3.8) is 0 Å². The molecule has 0 rings (SSSR count). The van der Waals surface area contributed by atoms with Crippen LogP contribution < -0.4 is 29.6 Å². The summed E-state index contributed by atoms with van der Waals surface area (Å²) in [7, 11) is -31.9. The summed E-state index contributed by atoms with van der Waals surface area (Å²) in [6, 6.07) is 0. The van der Waals surface area contributed by atoms with E-state index in [0.29, 0.717) is 0 Å². The van der Waals surface area contributed by atoms with E-state index >= 15 is 0 Å². The maximum Gasteiger partial charge on any atom is 3.00 e. The summed E-state index contributed by atoms with van der Waals surface area (Å²) >= 11 is 0. The zero-order chi connectivity index (χ0) is 25.2. The molecule has 0 atom stereocenters. The van der Waals surface area contributed by atoms with Crippen LogP contribution >= 0.6 is 0 Å². The van der Waals surface area contributed by atoms with Crippen LogP contribution in [-0.4, -0.2) is 77.8 Å². The van der Waals surface area contributed by atoms with Crippen LogP contribution in [0, 0.1) is 0 Å². The molecule has 2 radical (unpaired) electrons. The Morgan fingerprint density at radius 3 is 0.424 bits per heavy atom. The Hall–Kier alpha value is 1.26. The van der Waals surface area contributed by atoms with Crippen LogP contribution in [0.25, 0.3) is 0 Å². The fourth-order valence-electron chi connectivity index (χ4n) is 0.204. The largest absolute Gasteiger partial charge is 3.00 e. The molecule has 0 bridgehead atoms. The first-order chi connectivity index (χ1) is 12.6. The summed E-state index contributed by atoms with van der Waals surface area (Å²) in [6.45, 7) is 0. The third-order valence-electron chi connectivity index (χ3n) is 0.583. The molecule has 0 amide bonds. The van der Waals surface area contributed by atoms with Crippen LogP contribution in [0.4, 0.5) is 0 Å². The van der Waals surface area contributed by atoms with Crippen molar-refractivity contribution in [3.8, 4) is 0 Å². The molecule has 0 aromatic heterocycles. The molecule has 0 aliphatic rings.